The molecule has 2 heterocycles. The molecule has 0 atom stereocenters. The zero-order chi connectivity index (χ0) is 9.80. The summed E-state index contributed by atoms with van der Waals surface area (Å²) in [6.07, 6.45) is 2.25. The lowest BCUT2D eigenvalue weighted by Crippen LogP contribution is -2.23. The number of tetrazole rings is 1. The number of ether oxygens (including phenoxy) is 1. The first-order valence-corrected chi connectivity index (χ1v) is 4.90. The largest absolute Gasteiger partial charge is 0.381 e. The Morgan fingerprint density at radius 3 is 2.93 bits per heavy atom. The van der Waals surface area contributed by atoms with E-state index in [2.05, 4.69) is 20.8 Å². The Bertz CT molecular complexity index is 281. The number of nitrogens with zero attached hydrogens (tertiary/aromatic N) is 4. The molecule has 1 fully saturated rings. The molecule has 0 radical (unpaired) electrons. The van der Waals surface area contributed by atoms with Crippen LogP contribution in [0, 0.1) is 5.92 Å². The minimum Gasteiger partial charge on any atom is -0.381 e. The minimum atomic E-state index is 0.681. The van der Waals surface area contributed by atoms with Crippen LogP contribution in [0.2, 0.25) is 0 Å². The van der Waals surface area contributed by atoms with E-state index >= 15 is 0 Å². The van der Waals surface area contributed by atoms with Crippen LogP contribution in [0.5, 0.6) is 0 Å². The van der Waals surface area contributed by atoms with Gasteiger partial charge in [-0.25, -0.2) is 4.68 Å². The molecule has 14 heavy (non-hydrogen) atoms. The highest BCUT2D eigenvalue weighted by molar-refractivity contribution is 5.20. The molecule has 1 aromatic heterocycles. The number of aryl methyl sites for hydroxylation is 1. The average Bonchev–Trinajstić information content (AvgIpc) is 2.63. The second-order valence-electron chi connectivity index (χ2n) is 3.56. The molecule has 1 N–H and O–H groups in total. The summed E-state index contributed by atoms with van der Waals surface area (Å²) >= 11 is 0. The molecule has 0 unspecified atom stereocenters. The van der Waals surface area contributed by atoms with Gasteiger partial charge < -0.3 is 10.1 Å². The van der Waals surface area contributed by atoms with Crippen molar-refractivity contribution in [2.75, 3.05) is 25.1 Å². The summed E-state index contributed by atoms with van der Waals surface area (Å²) in [5.74, 6) is 1.41. The van der Waals surface area contributed by atoms with Gasteiger partial charge in [-0.1, -0.05) is 5.10 Å². The number of aromatic nitrogens is 4. The van der Waals surface area contributed by atoms with E-state index in [9.17, 15) is 0 Å². The van der Waals surface area contributed by atoms with E-state index < -0.39 is 0 Å². The van der Waals surface area contributed by atoms with Gasteiger partial charge in [-0.3, -0.25) is 0 Å². The van der Waals surface area contributed by atoms with Crippen molar-refractivity contribution in [3.05, 3.63) is 0 Å². The first-order chi connectivity index (χ1) is 6.86. The molecule has 0 aromatic carbocycles. The Kier molecular flexibility index (Phi) is 2.93. The van der Waals surface area contributed by atoms with Crippen molar-refractivity contribution in [1.82, 2.24) is 20.2 Å². The van der Waals surface area contributed by atoms with Gasteiger partial charge in [-0.15, -0.1) is 0 Å². The van der Waals surface area contributed by atoms with Crippen molar-refractivity contribution in [2.45, 2.75) is 12.8 Å². The molecule has 1 aliphatic heterocycles. The summed E-state index contributed by atoms with van der Waals surface area (Å²) in [7, 11) is 1.83. The maximum Gasteiger partial charge on any atom is 0.242 e. The highest BCUT2D eigenvalue weighted by Gasteiger charge is 2.14. The van der Waals surface area contributed by atoms with Crippen molar-refractivity contribution >= 4 is 5.95 Å². The van der Waals surface area contributed by atoms with Crippen LogP contribution >= 0.6 is 0 Å². The van der Waals surface area contributed by atoms with Crippen molar-refractivity contribution in [2.24, 2.45) is 13.0 Å². The van der Waals surface area contributed by atoms with E-state index in [1.165, 1.54) is 0 Å². The van der Waals surface area contributed by atoms with Gasteiger partial charge in [0.05, 0.1) is 0 Å². The first-order valence-electron chi connectivity index (χ1n) is 4.90. The third-order valence-electron chi connectivity index (χ3n) is 2.51. The zero-order valence-electron chi connectivity index (χ0n) is 8.31. The molecule has 1 aliphatic rings. The summed E-state index contributed by atoms with van der Waals surface area (Å²) in [5, 5.41) is 14.4. The molecular formula is C8H15N5O. The Labute approximate surface area is 82.6 Å². The zero-order valence-corrected chi connectivity index (χ0v) is 8.31. The standard InChI is InChI=1S/C8H15N5O/c1-13-8(10-11-12-13)9-6-7-2-4-14-5-3-7/h7H,2-6H2,1H3,(H,9,10,12). The maximum absolute atomic E-state index is 5.29. The number of anilines is 1. The second-order valence-corrected chi connectivity index (χ2v) is 3.56. The summed E-state index contributed by atoms with van der Waals surface area (Å²) < 4.78 is 6.93. The fourth-order valence-corrected chi connectivity index (χ4v) is 1.57. The number of nitrogens with one attached hydrogen (secondary N) is 1. The minimum absolute atomic E-state index is 0.681. The molecule has 0 bridgehead atoms. The van der Waals surface area contributed by atoms with E-state index in [0.717, 1.165) is 38.5 Å². The van der Waals surface area contributed by atoms with Crippen LogP contribution in [-0.2, 0) is 11.8 Å². The highest BCUT2D eigenvalue weighted by atomic mass is 16.5. The third kappa shape index (κ3) is 2.20. The van der Waals surface area contributed by atoms with Gasteiger partial charge in [0.15, 0.2) is 0 Å². The summed E-state index contributed by atoms with van der Waals surface area (Å²) in [6.45, 7) is 2.68. The van der Waals surface area contributed by atoms with Crippen LogP contribution in [0.3, 0.4) is 0 Å². The highest BCUT2D eigenvalue weighted by Crippen LogP contribution is 2.14. The number of rotatable bonds is 3. The maximum atomic E-state index is 5.29. The topological polar surface area (TPSA) is 64.9 Å². The molecule has 78 valence electrons. The quantitative estimate of drug-likeness (QED) is 0.741. The van der Waals surface area contributed by atoms with E-state index in [4.69, 9.17) is 4.74 Å². The van der Waals surface area contributed by atoms with Crippen LogP contribution in [0.25, 0.3) is 0 Å². The predicted molar refractivity (Wildman–Crippen MR) is 50.8 cm³/mol. The summed E-state index contributed by atoms with van der Waals surface area (Å²) in [5.41, 5.74) is 0. The molecule has 1 saturated heterocycles. The summed E-state index contributed by atoms with van der Waals surface area (Å²) in [6, 6.07) is 0. The molecule has 0 aliphatic carbocycles. The molecule has 0 amide bonds. The molecule has 0 spiro atoms. The second kappa shape index (κ2) is 4.36. The van der Waals surface area contributed by atoms with Crippen LogP contribution in [-0.4, -0.2) is 40.0 Å². The van der Waals surface area contributed by atoms with E-state index in [-0.39, 0.29) is 0 Å². The van der Waals surface area contributed by atoms with Crippen LogP contribution in [0.4, 0.5) is 5.95 Å². The monoisotopic (exact) mass is 197 g/mol. The molecule has 2 rings (SSSR count). The Hall–Kier alpha value is -1.17. The van der Waals surface area contributed by atoms with E-state index in [0.29, 0.717) is 5.92 Å². The third-order valence-corrected chi connectivity index (χ3v) is 2.51. The smallest absolute Gasteiger partial charge is 0.242 e. The van der Waals surface area contributed by atoms with Gasteiger partial charge >= 0.3 is 0 Å². The van der Waals surface area contributed by atoms with Gasteiger partial charge in [0.1, 0.15) is 0 Å². The SMILES string of the molecule is Cn1nnnc1NCC1CCOCC1. The van der Waals surface area contributed by atoms with Gasteiger partial charge in [0, 0.05) is 26.8 Å². The molecule has 6 nitrogen and oxygen atoms in total. The normalized spacial score (nSPS) is 18.4. The predicted octanol–water partition coefficient (Wildman–Crippen LogP) is 0.0486. The fourth-order valence-electron chi connectivity index (χ4n) is 1.57. The molecular weight excluding hydrogens is 182 g/mol. The molecule has 6 heteroatoms. The van der Waals surface area contributed by atoms with Crippen molar-refractivity contribution in [3.63, 3.8) is 0 Å². The summed E-state index contributed by atoms with van der Waals surface area (Å²) in [4.78, 5) is 0. The molecule has 0 saturated carbocycles. The van der Waals surface area contributed by atoms with E-state index in [1.807, 2.05) is 7.05 Å². The van der Waals surface area contributed by atoms with Crippen LogP contribution in [0.1, 0.15) is 12.8 Å². The van der Waals surface area contributed by atoms with Gasteiger partial charge in [0.25, 0.3) is 0 Å². The number of hydrogen-bond donors (Lipinski definition) is 1. The van der Waals surface area contributed by atoms with E-state index in [1.54, 1.807) is 4.68 Å². The van der Waals surface area contributed by atoms with Crippen LogP contribution in [0.15, 0.2) is 0 Å². The van der Waals surface area contributed by atoms with Crippen molar-refractivity contribution in [3.8, 4) is 0 Å². The Morgan fingerprint density at radius 2 is 2.29 bits per heavy atom. The lowest BCUT2D eigenvalue weighted by Gasteiger charge is -2.21. The molecule has 1 aromatic rings. The lowest BCUT2D eigenvalue weighted by atomic mass is 10.0. The average molecular weight is 197 g/mol. The van der Waals surface area contributed by atoms with Crippen molar-refractivity contribution in [1.29, 1.82) is 0 Å². The number of hydrogen-bond acceptors (Lipinski definition) is 5. The van der Waals surface area contributed by atoms with Gasteiger partial charge in [-0.05, 0) is 29.2 Å². The fraction of sp³-hybridized carbons (Fsp3) is 0.875. The van der Waals surface area contributed by atoms with Crippen molar-refractivity contribution < 1.29 is 4.74 Å². The first kappa shape index (κ1) is 9.39. The van der Waals surface area contributed by atoms with Gasteiger partial charge in [-0.2, -0.15) is 0 Å². The van der Waals surface area contributed by atoms with Crippen LogP contribution < -0.4 is 5.32 Å². The lowest BCUT2D eigenvalue weighted by molar-refractivity contribution is 0.0699. The Morgan fingerprint density at radius 1 is 1.50 bits per heavy atom. The van der Waals surface area contributed by atoms with Gasteiger partial charge in [0.2, 0.25) is 5.95 Å². The Balaban J connectivity index is 1.79.